The van der Waals surface area contributed by atoms with Gasteiger partial charge in [-0.1, -0.05) is 40.9 Å². The molecule has 0 amide bonds. The molecular formula is C17H25BrN2. The lowest BCUT2D eigenvalue weighted by Crippen LogP contribution is -2.46. The van der Waals surface area contributed by atoms with Crippen LogP contribution in [0.5, 0.6) is 0 Å². The molecule has 2 N–H and O–H groups in total. The quantitative estimate of drug-likeness (QED) is 0.872. The van der Waals surface area contributed by atoms with Crippen molar-refractivity contribution >= 4 is 15.9 Å². The molecule has 20 heavy (non-hydrogen) atoms. The molecule has 3 heteroatoms. The molecule has 1 aromatic rings. The monoisotopic (exact) mass is 336 g/mol. The fourth-order valence-electron chi connectivity index (χ4n) is 3.87. The highest BCUT2D eigenvalue weighted by atomic mass is 79.9. The van der Waals surface area contributed by atoms with Crippen molar-refractivity contribution in [1.82, 2.24) is 10.6 Å². The summed E-state index contributed by atoms with van der Waals surface area (Å²) in [5, 5.41) is 7.55. The number of nitrogens with one attached hydrogen (secondary N) is 2. The van der Waals surface area contributed by atoms with Crippen LogP contribution in [0.4, 0.5) is 0 Å². The molecule has 1 heterocycles. The fraction of sp³-hybridized carbons (Fsp3) is 0.647. The second-order valence-corrected chi connectivity index (χ2v) is 7.18. The maximum atomic E-state index is 3.83. The number of halogens is 1. The summed E-state index contributed by atoms with van der Waals surface area (Å²) in [5.74, 6) is 0.832. The maximum absolute atomic E-state index is 3.83. The van der Waals surface area contributed by atoms with E-state index in [1.165, 1.54) is 55.1 Å². The molecule has 1 saturated heterocycles. The third-order valence-electron chi connectivity index (χ3n) is 4.89. The van der Waals surface area contributed by atoms with Crippen molar-refractivity contribution in [1.29, 1.82) is 0 Å². The van der Waals surface area contributed by atoms with E-state index in [4.69, 9.17) is 0 Å². The molecule has 2 fully saturated rings. The standard InChI is InChI=1S/C17H25BrN2/c18-14-6-3-5-13(11-14)12-20-17-8-2-1-7-15(17)16-9-4-10-19-16/h3,5-6,11,15-17,19-20H,1-2,4,7-10,12H2. The first-order valence-electron chi connectivity index (χ1n) is 8.04. The molecule has 2 nitrogen and oxygen atoms in total. The molecule has 1 saturated carbocycles. The summed E-state index contributed by atoms with van der Waals surface area (Å²) in [6.45, 7) is 2.22. The SMILES string of the molecule is Brc1cccc(CNC2CCCCC2C2CCCN2)c1. The summed E-state index contributed by atoms with van der Waals surface area (Å²) < 4.78 is 1.18. The highest BCUT2D eigenvalue weighted by Gasteiger charge is 2.32. The van der Waals surface area contributed by atoms with Gasteiger partial charge in [-0.3, -0.25) is 0 Å². The van der Waals surface area contributed by atoms with Crippen LogP contribution in [0.1, 0.15) is 44.1 Å². The predicted octanol–water partition coefficient (Wildman–Crippen LogP) is 3.85. The molecule has 1 aliphatic heterocycles. The normalized spacial score (nSPS) is 30.6. The van der Waals surface area contributed by atoms with Crippen LogP contribution in [0.25, 0.3) is 0 Å². The van der Waals surface area contributed by atoms with Crippen molar-refractivity contribution in [3.8, 4) is 0 Å². The minimum absolute atomic E-state index is 0.693. The first kappa shape index (κ1) is 14.6. The first-order valence-corrected chi connectivity index (χ1v) is 8.83. The molecule has 1 aromatic carbocycles. The molecule has 0 bridgehead atoms. The molecule has 0 aromatic heterocycles. The fourth-order valence-corrected chi connectivity index (χ4v) is 4.31. The van der Waals surface area contributed by atoms with E-state index in [1.807, 2.05) is 0 Å². The van der Waals surface area contributed by atoms with Crippen LogP contribution in [0, 0.1) is 5.92 Å². The molecule has 1 aliphatic carbocycles. The van der Waals surface area contributed by atoms with Crippen LogP contribution in [-0.2, 0) is 6.54 Å². The Bertz CT molecular complexity index is 429. The van der Waals surface area contributed by atoms with Crippen LogP contribution in [0.15, 0.2) is 28.7 Å². The Balaban J connectivity index is 1.59. The lowest BCUT2D eigenvalue weighted by molar-refractivity contribution is 0.213. The van der Waals surface area contributed by atoms with Crippen LogP contribution in [-0.4, -0.2) is 18.6 Å². The molecular weight excluding hydrogens is 312 g/mol. The Morgan fingerprint density at radius 2 is 2.05 bits per heavy atom. The Morgan fingerprint density at radius 3 is 2.85 bits per heavy atom. The summed E-state index contributed by atoms with van der Waals surface area (Å²) in [6.07, 6.45) is 8.28. The van der Waals surface area contributed by atoms with Crippen molar-refractivity contribution in [3.63, 3.8) is 0 Å². The lowest BCUT2D eigenvalue weighted by atomic mass is 9.79. The van der Waals surface area contributed by atoms with Gasteiger partial charge in [-0.25, -0.2) is 0 Å². The van der Waals surface area contributed by atoms with Gasteiger partial charge in [0.15, 0.2) is 0 Å². The highest BCUT2D eigenvalue weighted by Crippen LogP contribution is 2.30. The topological polar surface area (TPSA) is 24.1 Å². The molecule has 3 unspecified atom stereocenters. The number of benzene rings is 1. The third-order valence-corrected chi connectivity index (χ3v) is 5.39. The Kier molecular flexibility index (Phi) is 5.14. The van der Waals surface area contributed by atoms with E-state index in [9.17, 15) is 0 Å². The second-order valence-electron chi connectivity index (χ2n) is 6.27. The van der Waals surface area contributed by atoms with Gasteiger partial charge in [0.1, 0.15) is 0 Å². The van der Waals surface area contributed by atoms with E-state index < -0.39 is 0 Å². The van der Waals surface area contributed by atoms with Crippen molar-refractivity contribution < 1.29 is 0 Å². The number of rotatable bonds is 4. The zero-order chi connectivity index (χ0) is 13.8. The third kappa shape index (κ3) is 3.63. The predicted molar refractivity (Wildman–Crippen MR) is 87.8 cm³/mol. The van der Waals surface area contributed by atoms with Crippen LogP contribution in [0.3, 0.4) is 0 Å². The summed E-state index contributed by atoms with van der Waals surface area (Å²) >= 11 is 3.56. The minimum Gasteiger partial charge on any atom is -0.314 e. The van der Waals surface area contributed by atoms with Gasteiger partial charge in [0.05, 0.1) is 0 Å². The van der Waals surface area contributed by atoms with Crippen molar-refractivity contribution in [3.05, 3.63) is 34.3 Å². The summed E-state index contributed by atoms with van der Waals surface area (Å²) in [7, 11) is 0. The molecule has 0 radical (unpaired) electrons. The molecule has 0 spiro atoms. The Hall–Kier alpha value is -0.380. The number of hydrogen-bond acceptors (Lipinski definition) is 2. The number of hydrogen-bond donors (Lipinski definition) is 2. The van der Waals surface area contributed by atoms with Gasteiger partial charge in [-0.05, 0) is 55.8 Å². The lowest BCUT2D eigenvalue weighted by Gasteiger charge is -2.36. The Morgan fingerprint density at radius 1 is 1.15 bits per heavy atom. The smallest absolute Gasteiger partial charge is 0.0208 e. The van der Waals surface area contributed by atoms with Gasteiger partial charge in [-0.15, -0.1) is 0 Å². The summed E-state index contributed by atoms with van der Waals surface area (Å²) in [4.78, 5) is 0. The zero-order valence-corrected chi connectivity index (χ0v) is 13.7. The Labute approximate surface area is 130 Å². The maximum Gasteiger partial charge on any atom is 0.0208 e. The summed E-state index contributed by atoms with van der Waals surface area (Å²) in [6, 6.07) is 10.1. The van der Waals surface area contributed by atoms with Gasteiger partial charge in [0.2, 0.25) is 0 Å². The molecule has 110 valence electrons. The van der Waals surface area contributed by atoms with Crippen molar-refractivity contribution in [2.24, 2.45) is 5.92 Å². The van der Waals surface area contributed by atoms with Crippen molar-refractivity contribution in [2.75, 3.05) is 6.54 Å². The molecule has 3 rings (SSSR count). The van der Waals surface area contributed by atoms with Gasteiger partial charge in [0, 0.05) is 23.1 Å². The van der Waals surface area contributed by atoms with E-state index in [0.29, 0.717) is 6.04 Å². The van der Waals surface area contributed by atoms with Crippen LogP contribution in [0.2, 0.25) is 0 Å². The van der Waals surface area contributed by atoms with E-state index >= 15 is 0 Å². The van der Waals surface area contributed by atoms with Crippen molar-refractivity contribution in [2.45, 2.75) is 57.2 Å². The van der Waals surface area contributed by atoms with E-state index in [1.54, 1.807) is 0 Å². The molecule has 2 aliphatic rings. The zero-order valence-electron chi connectivity index (χ0n) is 12.1. The van der Waals surface area contributed by atoms with Gasteiger partial charge in [0.25, 0.3) is 0 Å². The van der Waals surface area contributed by atoms with Gasteiger partial charge < -0.3 is 10.6 Å². The van der Waals surface area contributed by atoms with Gasteiger partial charge in [-0.2, -0.15) is 0 Å². The molecule has 3 atom stereocenters. The van der Waals surface area contributed by atoms with E-state index in [0.717, 1.165) is 18.5 Å². The van der Waals surface area contributed by atoms with Gasteiger partial charge >= 0.3 is 0 Å². The summed E-state index contributed by atoms with van der Waals surface area (Å²) in [5.41, 5.74) is 1.38. The first-order chi connectivity index (χ1) is 9.83. The average Bonchev–Trinajstić information content (AvgIpc) is 3.00. The second kappa shape index (κ2) is 7.06. The largest absolute Gasteiger partial charge is 0.314 e. The highest BCUT2D eigenvalue weighted by molar-refractivity contribution is 9.10. The minimum atomic E-state index is 0.693. The van der Waals surface area contributed by atoms with Crippen LogP contribution < -0.4 is 10.6 Å². The average molecular weight is 337 g/mol. The van der Waals surface area contributed by atoms with Crippen LogP contribution >= 0.6 is 15.9 Å². The van der Waals surface area contributed by atoms with E-state index in [-0.39, 0.29) is 0 Å². The van der Waals surface area contributed by atoms with E-state index in [2.05, 4.69) is 50.8 Å².